The molecular formula is C16H26N2O2. The van der Waals surface area contributed by atoms with Gasteiger partial charge in [-0.05, 0) is 25.3 Å². The highest BCUT2D eigenvalue weighted by Gasteiger charge is 2.26. The van der Waals surface area contributed by atoms with Gasteiger partial charge in [-0.25, -0.2) is 0 Å². The molecule has 1 aromatic rings. The van der Waals surface area contributed by atoms with Crippen LogP contribution in [0.2, 0.25) is 0 Å². The van der Waals surface area contributed by atoms with Gasteiger partial charge in [-0.3, -0.25) is 4.79 Å². The van der Waals surface area contributed by atoms with Gasteiger partial charge in [0.25, 0.3) is 0 Å². The normalized spacial score (nSPS) is 13.9. The van der Waals surface area contributed by atoms with Gasteiger partial charge in [0.2, 0.25) is 5.91 Å². The van der Waals surface area contributed by atoms with Crippen molar-refractivity contribution < 1.29 is 9.53 Å². The smallest absolute Gasteiger partial charge is 0.225 e. The van der Waals surface area contributed by atoms with Crippen molar-refractivity contribution in [3.05, 3.63) is 29.8 Å². The highest BCUT2D eigenvalue weighted by atomic mass is 16.5. The molecule has 0 spiro atoms. The molecular weight excluding hydrogens is 252 g/mol. The maximum Gasteiger partial charge on any atom is 0.225 e. The second kappa shape index (κ2) is 7.29. The van der Waals surface area contributed by atoms with Crippen LogP contribution in [0.15, 0.2) is 24.3 Å². The number of ether oxygens (including phenoxy) is 1. The van der Waals surface area contributed by atoms with Crippen LogP contribution < -0.4 is 15.8 Å². The monoisotopic (exact) mass is 278 g/mol. The summed E-state index contributed by atoms with van der Waals surface area (Å²) in [6, 6.07) is 7.56. The third-order valence-corrected chi connectivity index (χ3v) is 3.29. The first-order chi connectivity index (χ1) is 9.40. The average molecular weight is 278 g/mol. The predicted molar refractivity (Wildman–Crippen MR) is 81.8 cm³/mol. The van der Waals surface area contributed by atoms with E-state index in [9.17, 15) is 4.79 Å². The number of benzene rings is 1. The minimum Gasteiger partial charge on any atom is -0.496 e. The Bertz CT molecular complexity index is 446. The highest BCUT2D eigenvalue weighted by Crippen LogP contribution is 2.19. The molecule has 0 aliphatic heterocycles. The molecule has 0 aromatic heterocycles. The number of hydrogen-bond donors (Lipinski definition) is 2. The van der Waals surface area contributed by atoms with E-state index < -0.39 is 0 Å². The van der Waals surface area contributed by atoms with Crippen LogP contribution in [0.3, 0.4) is 0 Å². The maximum absolute atomic E-state index is 12.2. The first kappa shape index (κ1) is 16.5. The van der Waals surface area contributed by atoms with Crippen LogP contribution in [-0.4, -0.2) is 25.1 Å². The predicted octanol–water partition coefficient (Wildman–Crippen LogP) is 2.12. The Morgan fingerprint density at radius 3 is 2.60 bits per heavy atom. The number of methoxy groups -OCH3 is 1. The van der Waals surface area contributed by atoms with E-state index in [1.165, 1.54) is 0 Å². The molecule has 1 rings (SSSR count). The summed E-state index contributed by atoms with van der Waals surface area (Å²) in [4.78, 5) is 12.2. The van der Waals surface area contributed by atoms with E-state index in [-0.39, 0.29) is 11.4 Å². The molecule has 20 heavy (non-hydrogen) atoms. The molecule has 0 bridgehead atoms. The second-order valence-corrected chi connectivity index (χ2v) is 5.90. The van der Waals surface area contributed by atoms with Crippen molar-refractivity contribution in [1.29, 1.82) is 0 Å². The molecule has 3 N–H and O–H groups in total. The number of para-hydroxylation sites is 1. The minimum atomic E-state index is -0.354. The van der Waals surface area contributed by atoms with Gasteiger partial charge in [0.15, 0.2) is 0 Å². The van der Waals surface area contributed by atoms with E-state index in [4.69, 9.17) is 10.5 Å². The number of nitrogens with one attached hydrogen (secondary N) is 1. The third-order valence-electron chi connectivity index (χ3n) is 3.29. The van der Waals surface area contributed by atoms with Gasteiger partial charge in [0.05, 0.1) is 13.5 Å². The fraction of sp³-hybridized carbons (Fsp3) is 0.562. The van der Waals surface area contributed by atoms with Gasteiger partial charge in [0.1, 0.15) is 5.75 Å². The molecule has 1 atom stereocenters. The van der Waals surface area contributed by atoms with Crippen LogP contribution in [0.25, 0.3) is 0 Å². The van der Waals surface area contributed by atoms with Gasteiger partial charge < -0.3 is 15.8 Å². The third kappa shape index (κ3) is 4.85. The van der Waals surface area contributed by atoms with Crippen LogP contribution in [0.5, 0.6) is 5.75 Å². The van der Waals surface area contributed by atoms with Crippen LogP contribution in [0.1, 0.15) is 32.8 Å². The van der Waals surface area contributed by atoms with Crippen LogP contribution in [0, 0.1) is 5.92 Å². The SMILES string of the molecule is COc1ccccc1CC(=O)NC(C)(CN)CC(C)C. The fourth-order valence-corrected chi connectivity index (χ4v) is 2.49. The zero-order chi connectivity index (χ0) is 15.2. The molecule has 1 amide bonds. The van der Waals surface area contributed by atoms with Crippen LogP contribution >= 0.6 is 0 Å². The van der Waals surface area contributed by atoms with E-state index in [1.807, 2.05) is 31.2 Å². The molecule has 0 heterocycles. The van der Waals surface area contributed by atoms with E-state index in [1.54, 1.807) is 7.11 Å². The number of carbonyl (C=O) groups excluding carboxylic acids is 1. The zero-order valence-electron chi connectivity index (χ0n) is 12.9. The summed E-state index contributed by atoms with van der Waals surface area (Å²) in [5.74, 6) is 1.19. The number of hydrogen-bond acceptors (Lipinski definition) is 3. The Morgan fingerprint density at radius 1 is 1.40 bits per heavy atom. The van der Waals surface area contributed by atoms with Crippen molar-refractivity contribution in [2.24, 2.45) is 11.7 Å². The molecule has 112 valence electrons. The lowest BCUT2D eigenvalue weighted by molar-refractivity contribution is -0.122. The Morgan fingerprint density at radius 2 is 2.05 bits per heavy atom. The fourth-order valence-electron chi connectivity index (χ4n) is 2.49. The Labute approximate surface area is 121 Å². The molecule has 1 aromatic carbocycles. The Kier molecular flexibility index (Phi) is 6.02. The standard InChI is InChI=1S/C16H26N2O2/c1-12(2)10-16(3,11-17)18-15(19)9-13-7-5-6-8-14(13)20-4/h5-8,12H,9-11,17H2,1-4H3,(H,18,19). The van der Waals surface area contributed by atoms with Gasteiger partial charge in [-0.2, -0.15) is 0 Å². The number of nitrogens with two attached hydrogens (primary N) is 1. The molecule has 1 unspecified atom stereocenters. The van der Waals surface area contributed by atoms with Crippen molar-refractivity contribution in [1.82, 2.24) is 5.32 Å². The lowest BCUT2D eigenvalue weighted by Crippen LogP contribution is -2.52. The summed E-state index contributed by atoms with van der Waals surface area (Å²) < 4.78 is 5.26. The average Bonchev–Trinajstić information content (AvgIpc) is 2.38. The molecule has 0 fully saturated rings. The summed E-state index contributed by atoms with van der Waals surface area (Å²) in [5, 5.41) is 3.05. The van der Waals surface area contributed by atoms with E-state index in [0.717, 1.165) is 17.7 Å². The summed E-state index contributed by atoms with van der Waals surface area (Å²) in [6.07, 6.45) is 1.17. The van der Waals surface area contributed by atoms with Crippen LogP contribution in [0.4, 0.5) is 0 Å². The number of amides is 1. The molecule has 0 radical (unpaired) electrons. The first-order valence-electron chi connectivity index (χ1n) is 7.03. The topological polar surface area (TPSA) is 64.3 Å². The summed E-state index contributed by atoms with van der Waals surface area (Å²) >= 11 is 0. The largest absolute Gasteiger partial charge is 0.496 e. The van der Waals surface area contributed by atoms with Crippen molar-refractivity contribution in [2.75, 3.05) is 13.7 Å². The van der Waals surface area contributed by atoms with E-state index in [2.05, 4.69) is 19.2 Å². The van der Waals surface area contributed by atoms with Gasteiger partial charge in [0, 0.05) is 17.6 Å². The van der Waals surface area contributed by atoms with Gasteiger partial charge in [-0.1, -0.05) is 32.0 Å². The number of rotatable bonds is 7. The van der Waals surface area contributed by atoms with Gasteiger partial charge >= 0.3 is 0 Å². The molecule has 4 nitrogen and oxygen atoms in total. The molecule has 0 saturated carbocycles. The molecule has 0 saturated heterocycles. The van der Waals surface area contributed by atoms with Gasteiger partial charge in [-0.15, -0.1) is 0 Å². The minimum absolute atomic E-state index is 0.0249. The Balaban J connectivity index is 2.71. The van der Waals surface area contributed by atoms with E-state index >= 15 is 0 Å². The zero-order valence-corrected chi connectivity index (χ0v) is 12.9. The highest BCUT2D eigenvalue weighted by molar-refractivity contribution is 5.80. The van der Waals surface area contributed by atoms with Crippen molar-refractivity contribution in [3.63, 3.8) is 0 Å². The Hall–Kier alpha value is -1.55. The summed E-state index contributed by atoms with van der Waals surface area (Å²) in [6.45, 7) is 6.68. The molecule has 4 heteroatoms. The molecule has 0 aliphatic rings. The number of carbonyl (C=O) groups is 1. The molecule has 0 aliphatic carbocycles. The quantitative estimate of drug-likeness (QED) is 0.803. The van der Waals surface area contributed by atoms with Crippen molar-refractivity contribution >= 4 is 5.91 Å². The summed E-state index contributed by atoms with van der Waals surface area (Å²) in [5.41, 5.74) is 6.35. The van der Waals surface area contributed by atoms with E-state index in [0.29, 0.717) is 18.9 Å². The second-order valence-electron chi connectivity index (χ2n) is 5.90. The first-order valence-corrected chi connectivity index (χ1v) is 7.03. The summed E-state index contributed by atoms with van der Waals surface area (Å²) in [7, 11) is 1.61. The maximum atomic E-state index is 12.2. The van der Waals surface area contributed by atoms with Crippen molar-refractivity contribution in [2.45, 2.75) is 39.2 Å². The lowest BCUT2D eigenvalue weighted by atomic mass is 9.90. The van der Waals surface area contributed by atoms with Crippen molar-refractivity contribution in [3.8, 4) is 5.75 Å². The van der Waals surface area contributed by atoms with Crippen LogP contribution in [-0.2, 0) is 11.2 Å². The lowest BCUT2D eigenvalue weighted by Gasteiger charge is -2.31.